The Morgan fingerprint density at radius 1 is 1.62 bits per heavy atom. The number of nitrogens with one attached hydrogen (secondary N) is 1. The molecule has 1 atom stereocenters. The summed E-state index contributed by atoms with van der Waals surface area (Å²) in [5.74, 6) is 0.345. The molecular weight excluding hydrogens is 164 g/mol. The van der Waals surface area contributed by atoms with E-state index in [0.29, 0.717) is 11.9 Å². The third kappa shape index (κ3) is 3.35. The number of hydrogen-bond acceptors (Lipinski definition) is 2. The summed E-state index contributed by atoms with van der Waals surface area (Å²) in [6.45, 7) is 4.10. The van der Waals surface area contributed by atoms with Crippen LogP contribution in [0, 0.1) is 0 Å². The number of nitrogens with zero attached hydrogens (tertiary/aromatic N) is 1. The second-order valence-corrected chi connectivity index (χ2v) is 3.82. The molecule has 0 radical (unpaired) electrons. The molecule has 0 aromatic heterocycles. The molecule has 1 rings (SSSR count). The van der Waals surface area contributed by atoms with Gasteiger partial charge in [-0.25, -0.2) is 0 Å². The van der Waals surface area contributed by atoms with Crippen LogP contribution in [-0.4, -0.2) is 37.0 Å². The Balaban J connectivity index is 2.08. The van der Waals surface area contributed by atoms with Crippen molar-refractivity contribution in [2.75, 3.05) is 20.1 Å². The normalized spacial score (nSPS) is 19.5. The maximum absolute atomic E-state index is 11.2. The Morgan fingerprint density at radius 2 is 2.38 bits per heavy atom. The Morgan fingerprint density at radius 3 is 2.92 bits per heavy atom. The van der Waals surface area contributed by atoms with E-state index in [1.165, 1.54) is 0 Å². The molecule has 3 nitrogen and oxygen atoms in total. The van der Waals surface area contributed by atoms with Crippen molar-refractivity contribution in [1.82, 2.24) is 10.2 Å². The summed E-state index contributed by atoms with van der Waals surface area (Å²) in [5, 5.41) is 3.20. The molecule has 3 heteroatoms. The monoisotopic (exact) mass is 184 g/mol. The van der Waals surface area contributed by atoms with E-state index in [1.807, 2.05) is 11.9 Å². The van der Waals surface area contributed by atoms with Gasteiger partial charge in [-0.1, -0.05) is 0 Å². The molecule has 1 saturated heterocycles. The molecule has 1 fully saturated rings. The first-order valence-electron chi connectivity index (χ1n) is 5.19. The number of amides is 1. The standard InChI is InChI=1S/C10H20N2O/c1-9(11-2)5-3-7-12-8-4-6-10(12)13/h9,11H,3-8H2,1-2H3. The third-order valence-electron chi connectivity index (χ3n) is 2.73. The van der Waals surface area contributed by atoms with Gasteiger partial charge in [0.15, 0.2) is 0 Å². The fourth-order valence-corrected chi connectivity index (χ4v) is 1.67. The lowest BCUT2D eigenvalue weighted by molar-refractivity contribution is -0.127. The van der Waals surface area contributed by atoms with Crippen molar-refractivity contribution in [3.05, 3.63) is 0 Å². The van der Waals surface area contributed by atoms with Gasteiger partial charge < -0.3 is 10.2 Å². The number of carbonyl (C=O) groups is 1. The minimum atomic E-state index is 0.345. The topological polar surface area (TPSA) is 32.3 Å². The predicted octanol–water partition coefficient (Wildman–Crippen LogP) is 0.997. The van der Waals surface area contributed by atoms with Gasteiger partial charge in [-0.2, -0.15) is 0 Å². The summed E-state index contributed by atoms with van der Waals surface area (Å²) in [7, 11) is 1.98. The number of rotatable bonds is 5. The van der Waals surface area contributed by atoms with Gasteiger partial charge in [0.25, 0.3) is 0 Å². The van der Waals surface area contributed by atoms with Crippen LogP contribution in [0.1, 0.15) is 32.6 Å². The first kappa shape index (κ1) is 10.5. The van der Waals surface area contributed by atoms with Gasteiger partial charge >= 0.3 is 0 Å². The van der Waals surface area contributed by atoms with Crippen molar-refractivity contribution in [1.29, 1.82) is 0 Å². The first-order chi connectivity index (χ1) is 6.24. The molecule has 0 aliphatic carbocycles. The van der Waals surface area contributed by atoms with Gasteiger partial charge in [-0.05, 0) is 33.2 Å². The Bertz CT molecular complexity index is 170. The van der Waals surface area contributed by atoms with Crippen LogP contribution in [0.3, 0.4) is 0 Å². The van der Waals surface area contributed by atoms with Crippen LogP contribution in [0.15, 0.2) is 0 Å². The zero-order valence-corrected chi connectivity index (χ0v) is 8.68. The maximum atomic E-state index is 11.2. The zero-order valence-electron chi connectivity index (χ0n) is 8.68. The van der Waals surface area contributed by atoms with Gasteiger partial charge in [0, 0.05) is 25.6 Å². The average Bonchev–Trinajstić information content (AvgIpc) is 2.52. The number of carbonyl (C=O) groups excluding carboxylic acids is 1. The summed E-state index contributed by atoms with van der Waals surface area (Å²) < 4.78 is 0. The highest BCUT2D eigenvalue weighted by Crippen LogP contribution is 2.10. The molecule has 0 bridgehead atoms. The van der Waals surface area contributed by atoms with Crippen LogP contribution in [0.25, 0.3) is 0 Å². The molecule has 1 N–H and O–H groups in total. The van der Waals surface area contributed by atoms with Gasteiger partial charge in [-0.15, -0.1) is 0 Å². The van der Waals surface area contributed by atoms with Crippen LogP contribution >= 0.6 is 0 Å². The summed E-state index contributed by atoms with van der Waals surface area (Å²) >= 11 is 0. The zero-order chi connectivity index (χ0) is 9.68. The van der Waals surface area contributed by atoms with Crippen molar-refractivity contribution < 1.29 is 4.79 Å². The smallest absolute Gasteiger partial charge is 0.222 e. The summed E-state index contributed by atoms with van der Waals surface area (Å²) in [4.78, 5) is 13.2. The predicted molar refractivity (Wildman–Crippen MR) is 53.6 cm³/mol. The summed E-state index contributed by atoms with van der Waals surface area (Å²) in [6, 6.07) is 0.567. The molecule has 1 amide bonds. The molecule has 1 aliphatic heterocycles. The van der Waals surface area contributed by atoms with E-state index in [9.17, 15) is 4.79 Å². The van der Waals surface area contributed by atoms with E-state index < -0.39 is 0 Å². The molecule has 1 aliphatic rings. The highest BCUT2D eigenvalue weighted by atomic mass is 16.2. The molecule has 0 spiro atoms. The third-order valence-corrected chi connectivity index (χ3v) is 2.73. The highest BCUT2D eigenvalue weighted by Gasteiger charge is 2.19. The highest BCUT2D eigenvalue weighted by molar-refractivity contribution is 5.77. The lowest BCUT2D eigenvalue weighted by Gasteiger charge is -2.16. The molecule has 0 aromatic carbocycles. The van der Waals surface area contributed by atoms with Crippen LogP contribution in [0.2, 0.25) is 0 Å². The minimum Gasteiger partial charge on any atom is -0.343 e. The second kappa shape index (κ2) is 5.22. The van der Waals surface area contributed by atoms with Gasteiger partial charge in [0.2, 0.25) is 5.91 Å². The van der Waals surface area contributed by atoms with Crippen molar-refractivity contribution in [3.8, 4) is 0 Å². The van der Waals surface area contributed by atoms with Gasteiger partial charge in [0.1, 0.15) is 0 Å². The number of likely N-dealkylation sites (tertiary alicyclic amines) is 1. The van der Waals surface area contributed by atoms with Crippen LogP contribution < -0.4 is 5.32 Å². The van der Waals surface area contributed by atoms with E-state index in [2.05, 4.69) is 12.2 Å². The van der Waals surface area contributed by atoms with Gasteiger partial charge in [-0.3, -0.25) is 4.79 Å². The molecule has 0 aromatic rings. The van der Waals surface area contributed by atoms with Crippen molar-refractivity contribution in [2.24, 2.45) is 0 Å². The van der Waals surface area contributed by atoms with Gasteiger partial charge in [0.05, 0.1) is 0 Å². The Kier molecular flexibility index (Phi) is 4.22. The number of hydrogen-bond donors (Lipinski definition) is 1. The second-order valence-electron chi connectivity index (χ2n) is 3.82. The fourth-order valence-electron chi connectivity index (χ4n) is 1.67. The lowest BCUT2D eigenvalue weighted by atomic mass is 10.2. The molecule has 1 unspecified atom stereocenters. The van der Waals surface area contributed by atoms with Crippen LogP contribution in [-0.2, 0) is 4.79 Å². The molecule has 76 valence electrons. The van der Waals surface area contributed by atoms with Crippen LogP contribution in [0.4, 0.5) is 0 Å². The fraction of sp³-hybridized carbons (Fsp3) is 0.900. The minimum absolute atomic E-state index is 0.345. The van der Waals surface area contributed by atoms with E-state index >= 15 is 0 Å². The Hall–Kier alpha value is -0.570. The van der Waals surface area contributed by atoms with Crippen molar-refractivity contribution >= 4 is 5.91 Å². The molecule has 13 heavy (non-hydrogen) atoms. The van der Waals surface area contributed by atoms with E-state index in [4.69, 9.17) is 0 Å². The lowest BCUT2D eigenvalue weighted by Crippen LogP contribution is -2.28. The van der Waals surface area contributed by atoms with E-state index in [0.717, 1.165) is 38.8 Å². The largest absolute Gasteiger partial charge is 0.343 e. The Labute approximate surface area is 80.5 Å². The molecular formula is C10H20N2O. The summed E-state index contributed by atoms with van der Waals surface area (Å²) in [6.07, 6.45) is 4.09. The summed E-state index contributed by atoms with van der Waals surface area (Å²) in [5.41, 5.74) is 0. The van der Waals surface area contributed by atoms with E-state index in [-0.39, 0.29) is 0 Å². The van der Waals surface area contributed by atoms with Crippen LogP contribution in [0.5, 0.6) is 0 Å². The maximum Gasteiger partial charge on any atom is 0.222 e. The van der Waals surface area contributed by atoms with Crippen molar-refractivity contribution in [2.45, 2.75) is 38.6 Å². The molecule has 1 heterocycles. The average molecular weight is 184 g/mol. The molecule has 0 saturated carbocycles. The van der Waals surface area contributed by atoms with Crippen molar-refractivity contribution in [3.63, 3.8) is 0 Å². The quantitative estimate of drug-likeness (QED) is 0.691. The van der Waals surface area contributed by atoms with E-state index in [1.54, 1.807) is 0 Å². The SMILES string of the molecule is CNC(C)CCCN1CCCC1=O. The first-order valence-corrected chi connectivity index (χ1v) is 5.19.